The molecule has 2 aliphatic rings. The summed E-state index contributed by atoms with van der Waals surface area (Å²) in [5.41, 5.74) is 2.37. The highest BCUT2D eigenvalue weighted by Gasteiger charge is 2.34. The molecule has 1 fully saturated rings. The summed E-state index contributed by atoms with van der Waals surface area (Å²) in [7, 11) is -2.35. The van der Waals surface area contributed by atoms with Gasteiger partial charge in [0.15, 0.2) is 0 Å². The van der Waals surface area contributed by atoms with Gasteiger partial charge in [-0.2, -0.15) is 0 Å². The molecular formula is C24H25N3O4S. The van der Waals surface area contributed by atoms with Gasteiger partial charge in [0, 0.05) is 36.6 Å². The SMILES string of the molecule is COc1ccc(C(=O)N2CCn3cccc3C2c2ccccc2)cc1S(=O)(=O)NC1CC1. The van der Waals surface area contributed by atoms with Crippen molar-refractivity contribution in [2.75, 3.05) is 13.7 Å². The van der Waals surface area contributed by atoms with Gasteiger partial charge in [-0.05, 0) is 48.7 Å². The summed E-state index contributed by atoms with van der Waals surface area (Å²) in [5, 5.41) is 0. The minimum absolute atomic E-state index is 0.00519. The minimum atomic E-state index is -3.78. The molecule has 2 aromatic carbocycles. The predicted octanol–water partition coefficient (Wildman–Crippen LogP) is 3.18. The van der Waals surface area contributed by atoms with Crippen LogP contribution in [0.25, 0.3) is 0 Å². The van der Waals surface area contributed by atoms with Gasteiger partial charge in [0.2, 0.25) is 10.0 Å². The Morgan fingerprint density at radius 2 is 1.81 bits per heavy atom. The maximum atomic E-state index is 13.7. The molecule has 1 unspecified atom stereocenters. The van der Waals surface area contributed by atoms with Crippen molar-refractivity contribution < 1.29 is 17.9 Å². The minimum Gasteiger partial charge on any atom is -0.495 e. The normalized spacial score (nSPS) is 18.3. The van der Waals surface area contributed by atoms with Crippen molar-refractivity contribution in [2.45, 2.75) is 36.4 Å². The molecular weight excluding hydrogens is 426 g/mol. The number of carbonyl (C=O) groups is 1. The van der Waals surface area contributed by atoms with Crippen LogP contribution in [0.1, 0.15) is 40.5 Å². The van der Waals surface area contributed by atoms with Crippen molar-refractivity contribution >= 4 is 15.9 Å². The van der Waals surface area contributed by atoms with E-state index in [1.54, 1.807) is 12.1 Å². The molecule has 32 heavy (non-hydrogen) atoms. The van der Waals surface area contributed by atoms with Crippen LogP contribution >= 0.6 is 0 Å². The third kappa shape index (κ3) is 3.80. The number of nitrogens with one attached hydrogen (secondary N) is 1. The standard InChI is InChI=1S/C24H25N3O4S/c1-31-21-12-9-18(16-22(21)32(29,30)25-19-10-11-19)24(28)27-15-14-26-13-5-8-20(26)23(27)17-6-3-2-4-7-17/h2-9,12-13,16,19,23,25H,10-11,14-15H2,1H3. The molecule has 5 rings (SSSR count). The van der Waals surface area contributed by atoms with Gasteiger partial charge in [-0.3, -0.25) is 4.79 Å². The first-order valence-corrected chi connectivity index (χ1v) is 12.2. The monoisotopic (exact) mass is 451 g/mol. The van der Waals surface area contributed by atoms with Crippen molar-refractivity contribution in [1.29, 1.82) is 0 Å². The Hall–Kier alpha value is -3.10. The van der Waals surface area contributed by atoms with E-state index in [2.05, 4.69) is 9.29 Å². The van der Waals surface area contributed by atoms with Crippen molar-refractivity contribution in [1.82, 2.24) is 14.2 Å². The van der Waals surface area contributed by atoms with Gasteiger partial charge in [-0.1, -0.05) is 30.3 Å². The Balaban J connectivity index is 1.54. The van der Waals surface area contributed by atoms with Crippen LogP contribution in [0.4, 0.5) is 0 Å². The maximum Gasteiger partial charge on any atom is 0.254 e. The molecule has 0 bridgehead atoms. The fourth-order valence-electron chi connectivity index (χ4n) is 4.26. The lowest BCUT2D eigenvalue weighted by molar-refractivity contribution is 0.0663. The van der Waals surface area contributed by atoms with Gasteiger partial charge < -0.3 is 14.2 Å². The number of methoxy groups -OCH3 is 1. The number of hydrogen-bond acceptors (Lipinski definition) is 4. The van der Waals surface area contributed by atoms with E-state index in [1.807, 2.05) is 53.6 Å². The van der Waals surface area contributed by atoms with Gasteiger partial charge >= 0.3 is 0 Å². The van der Waals surface area contributed by atoms with E-state index in [0.717, 1.165) is 24.1 Å². The van der Waals surface area contributed by atoms with Crippen molar-refractivity contribution in [3.63, 3.8) is 0 Å². The van der Waals surface area contributed by atoms with Crippen LogP contribution in [0, 0.1) is 0 Å². The lowest BCUT2D eigenvalue weighted by atomic mass is 9.99. The van der Waals surface area contributed by atoms with E-state index in [9.17, 15) is 13.2 Å². The lowest BCUT2D eigenvalue weighted by Gasteiger charge is -2.37. The summed E-state index contributed by atoms with van der Waals surface area (Å²) in [6, 6.07) is 18.2. The highest BCUT2D eigenvalue weighted by Crippen LogP contribution is 2.35. The van der Waals surface area contributed by atoms with Crippen molar-refractivity contribution in [3.8, 4) is 5.75 Å². The maximum absolute atomic E-state index is 13.7. The van der Waals surface area contributed by atoms with Crippen LogP contribution in [0.3, 0.4) is 0 Å². The quantitative estimate of drug-likeness (QED) is 0.624. The molecule has 3 aromatic rings. The molecule has 8 heteroatoms. The average molecular weight is 452 g/mol. The number of hydrogen-bond donors (Lipinski definition) is 1. The highest BCUT2D eigenvalue weighted by molar-refractivity contribution is 7.89. The fourth-order valence-corrected chi connectivity index (χ4v) is 5.76. The Kier molecular flexibility index (Phi) is 5.27. The molecule has 166 valence electrons. The van der Waals surface area contributed by atoms with Gasteiger partial charge in [0.05, 0.1) is 13.2 Å². The van der Waals surface area contributed by atoms with Gasteiger partial charge in [-0.25, -0.2) is 13.1 Å². The van der Waals surface area contributed by atoms with Crippen LogP contribution in [0.2, 0.25) is 0 Å². The molecule has 1 amide bonds. The zero-order valence-electron chi connectivity index (χ0n) is 17.8. The summed E-state index contributed by atoms with van der Waals surface area (Å²) >= 11 is 0. The fraction of sp³-hybridized carbons (Fsp3) is 0.292. The van der Waals surface area contributed by atoms with Gasteiger partial charge in [0.25, 0.3) is 5.91 Å². The van der Waals surface area contributed by atoms with Crippen LogP contribution in [0.5, 0.6) is 5.75 Å². The number of benzene rings is 2. The van der Waals surface area contributed by atoms with Crippen molar-refractivity contribution in [3.05, 3.63) is 83.7 Å². The van der Waals surface area contributed by atoms with Crippen LogP contribution < -0.4 is 9.46 Å². The molecule has 1 aromatic heterocycles. The summed E-state index contributed by atoms with van der Waals surface area (Å²) in [4.78, 5) is 15.5. The number of amides is 1. The van der Waals surface area contributed by atoms with E-state index in [4.69, 9.17) is 4.74 Å². The molecule has 1 N–H and O–H groups in total. The molecule has 0 radical (unpaired) electrons. The van der Waals surface area contributed by atoms with Gasteiger partial charge in [-0.15, -0.1) is 0 Å². The summed E-state index contributed by atoms with van der Waals surface area (Å²) < 4.78 is 35.9. The zero-order chi connectivity index (χ0) is 22.3. The molecule has 0 saturated heterocycles. The lowest BCUT2D eigenvalue weighted by Crippen LogP contribution is -2.42. The number of fused-ring (bicyclic) bond motifs is 1. The van der Waals surface area contributed by atoms with Crippen LogP contribution in [-0.4, -0.2) is 43.5 Å². The molecule has 2 heterocycles. The Morgan fingerprint density at radius 3 is 2.53 bits per heavy atom. The Bertz CT molecular complexity index is 1250. The number of rotatable bonds is 6. The average Bonchev–Trinajstić information content (AvgIpc) is 3.48. The largest absolute Gasteiger partial charge is 0.495 e. The number of carbonyl (C=O) groups excluding carboxylic acids is 1. The second-order valence-corrected chi connectivity index (χ2v) is 9.88. The topological polar surface area (TPSA) is 80.6 Å². The zero-order valence-corrected chi connectivity index (χ0v) is 18.6. The predicted molar refractivity (Wildman–Crippen MR) is 120 cm³/mol. The summed E-state index contributed by atoms with van der Waals surface area (Å²) in [6.45, 7) is 1.20. The van der Waals surface area contributed by atoms with Gasteiger partial charge in [0.1, 0.15) is 10.6 Å². The first kappa shape index (κ1) is 20.8. The molecule has 7 nitrogen and oxygen atoms in total. The Morgan fingerprint density at radius 1 is 1.03 bits per heavy atom. The van der Waals surface area contributed by atoms with E-state index in [0.29, 0.717) is 18.7 Å². The van der Waals surface area contributed by atoms with E-state index < -0.39 is 10.0 Å². The second kappa shape index (κ2) is 8.11. The van der Waals surface area contributed by atoms with Crippen LogP contribution in [-0.2, 0) is 16.6 Å². The third-order valence-corrected chi connectivity index (χ3v) is 7.56. The number of nitrogens with zero attached hydrogens (tertiary/aromatic N) is 2. The molecule has 1 atom stereocenters. The van der Waals surface area contributed by atoms with E-state index in [1.165, 1.54) is 13.2 Å². The number of ether oxygens (including phenoxy) is 1. The first-order valence-electron chi connectivity index (χ1n) is 10.7. The first-order chi connectivity index (χ1) is 15.5. The smallest absolute Gasteiger partial charge is 0.254 e. The van der Waals surface area contributed by atoms with Crippen molar-refractivity contribution in [2.24, 2.45) is 0 Å². The molecule has 1 aliphatic carbocycles. The molecule has 1 saturated carbocycles. The summed E-state index contributed by atoms with van der Waals surface area (Å²) in [6.07, 6.45) is 3.67. The highest BCUT2D eigenvalue weighted by atomic mass is 32.2. The summed E-state index contributed by atoms with van der Waals surface area (Å²) in [5.74, 6) is 0.0126. The van der Waals surface area contributed by atoms with E-state index >= 15 is 0 Å². The second-order valence-electron chi connectivity index (χ2n) is 8.20. The van der Waals surface area contributed by atoms with E-state index in [-0.39, 0.29) is 28.6 Å². The third-order valence-electron chi connectivity index (χ3n) is 6.01. The van der Waals surface area contributed by atoms with Crippen LogP contribution in [0.15, 0.2) is 71.8 Å². The number of sulfonamides is 1. The molecule has 0 spiro atoms. The number of aromatic nitrogens is 1. The Labute approximate surface area is 187 Å². The molecule has 1 aliphatic heterocycles.